The van der Waals surface area contributed by atoms with Crippen LogP contribution in [0.5, 0.6) is 0 Å². The normalized spacial score (nSPS) is 18.0. The van der Waals surface area contributed by atoms with Crippen molar-refractivity contribution in [2.75, 3.05) is 29.4 Å². The number of hydrogen-bond acceptors (Lipinski definition) is 5. The molecule has 162 valence electrons. The Balaban J connectivity index is 1.72. The molecule has 0 aromatic heterocycles. The number of halogens is 1. The maximum atomic E-state index is 12.6. The summed E-state index contributed by atoms with van der Waals surface area (Å²) < 4.78 is 52.5. The molecule has 8 nitrogen and oxygen atoms in total. The highest BCUT2D eigenvalue weighted by Crippen LogP contribution is 2.23. The highest BCUT2D eigenvalue weighted by molar-refractivity contribution is 7.92. The summed E-state index contributed by atoms with van der Waals surface area (Å²) in [6, 6.07) is 12.1. The first-order chi connectivity index (χ1) is 14.0. The molecule has 1 aliphatic rings. The number of carbonyl (C=O) groups is 1. The molecule has 2 aromatic rings. The number of rotatable bonds is 6. The molecule has 1 heterocycles. The SMILES string of the molecule is CS(=O)(=O)N1CCCC(C(=O)Nc2cccc(S(=O)(=O)Nc3ccc(Cl)cc3)c2)C1. The predicted molar refractivity (Wildman–Crippen MR) is 116 cm³/mol. The van der Waals surface area contributed by atoms with Crippen molar-refractivity contribution in [1.82, 2.24) is 4.31 Å². The molecule has 0 aliphatic carbocycles. The molecule has 0 radical (unpaired) electrons. The third kappa shape index (κ3) is 5.72. The number of nitrogens with one attached hydrogen (secondary N) is 2. The molecule has 1 fully saturated rings. The Morgan fingerprint density at radius 1 is 1.07 bits per heavy atom. The fourth-order valence-corrected chi connectivity index (χ4v) is 5.32. The summed E-state index contributed by atoms with van der Waals surface area (Å²) >= 11 is 5.81. The summed E-state index contributed by atoms with van der Waals surface area (Å²) in [5, 5.41) is 3.18. The number of piperidine rings is 1. The number of sulfonamides is 2. The van der Waals surface area contributed by atoms with E-state index in [-0.39, 0.29) is 17.3 Å². The van der Waals surface area contributed by atoms with Gasteiger partial charge in [0, 0.05) is 29.5 Å². The van der Waals surface area contributed by atoms with Crippen molar-refractivity contribution >= 4 is 48.9 Å². The average Bonchev–Trinajstić information content (AvgIpc) is 2.69. The summed E-state index contributed by atoms with van der Waals surface area (Å²) in [5.74, 6) is -0.843. The topological polar surface area (TPSA) is 113 Å². The Morgan fingerprint density at radius 3 is 2.43 bits per heavy atom. The molecule has 1 saturated heterocycles. The number of hydrogen-bond donors (Lipinski definition) is 2. The van der Waals surface area contributed by atoms with Gasteiger partial charge in [0.2, 0.25) is 15.9 Å². The predicted octanol–water partition coefficient (Wildman–Crippen LogP) is 2.75. The van der Waals surface area contributed by atoms with E-state index >= 15 is 0 Å². The van der Waals surface area contributed by atoms with Gasteiger partial charge < -0.3 is 5.32 Å². The fraction of sp³-hybridized carbons (Fsp3) is 0.316. The Bertz CT molecular complexity index is 1140. The lowest BCUT2D eigenvalue weighted by molar-refractivity contribution is -0.120. The van der Waals surface area contributed by atoms with Crippen LogP contribution in [0.2, 0.25) is 5.02 Å². The van der Waals surface area contributed by atoms with E-state index < -0.39 is 26.0 Å². The van der Waals surface area contributed by atoms with Crippen LogP contribution in [0.4, 0.5) is 11.4 Å². The molecule has 30 heavy (non-hydrogen) atoms. The van der Waals surface area contributed by atoms with Crippen molar-refractivity contribution in [3.63, 3.8) is 0 Å². The molecule has 0 bridgehead atoms. The Kier molecular flexibility index (Phi) is 6.71. The maximum Gasteiger partial charge on any atom is 0.261 e. The zero-order valence-electron chi connectivity index (χ0n) is 16.2. The molecule has 1 amide bonds. The number of benzene rings is 2. The zero-order chi connectivity index (χ0) is 21.9. The first-order valence-corrected chi connectivity index (χ1v) is 12.9. The van der Waals surface area contributed by atoms with E-state index in [0.717, 1.165) is 6.26 Å². The van der Waals surface area contributed by atoms with Crippen LogP contribution >= 0.6 is 11.6 Å². The summed E-state index contributed by atoms with van der Waals surface area (Å²) in [6.07, 6.45) is 2.27. The van der Waals surface area contributed by atoms with Crippen LogP contribution in [-0.4, -0.2) is 46.4 Å². The van der Waals surface area contributed by atoms with E-state index in [4.69, 9.17) is 11.6 Å². The molecule has 2 aromatic carbocycles. The zero-order valence-corrected chi connectivity index (χ0v) is 18.6. The van der Waals surface area contributed by atoms with Crippen LogP contribution in [0, 0.1) is 5.92 Å². The first kappa shape index (κ1) is 22.5. The van der Waals surface area contributed by atoms with Gasteiger partial charge in [-0.05, 0) is 55.3 Å². The second-order valence-electron chi connectivity index (χ2n) is 7.09. The molecule has 0 spiro atoms. The lowest BCUT2D eigenvalue weighted by Gasteiger charge is -2.30. The van der Waals surface area contributed by atoms with Crippen molar-refractivity contribution in [2.45, 2.75) is 17.7 Å². The molecule has 1 unspecified atom stereocenters. The monoisotopic (exact) mass is 471 g/mol. The molecule has 2 N–H and O–H groups in total. The lowest BCUT2D eigenvalue weighted by atomic mass is 9.99. The summed E-state index contributed by atoms with van der Waals surface area (Å²) in [4.78, 5) is 12.6. The minimum absolute atomic E-state index is 0.0170. The van der Waals surface area contributed by atoms with Gasteiger partial charge in [-0.25, -0.2) is 21.1 Å². The standard InChI is InChI=1S/C19H22ClN3O5S2/c1-29(25,26)23-11-3-4-14(13-23)19(24)21-17-5-2-6-18(12-17)30(27,28)22-16-9-7-15(20)8-10-16/h2,5-10,12,14,22H,3-4,11,13H2,1H3,(H,21,24). The third-order valence-electron chi connectivity index (χ3n) is 4.73. The minimum atomic E-state index is -3.87. The van der Waals surface area contributed by atoms with Crippen molar-refractivity contribution in [3.8, 4) is 0 Å². The second kappa shape index (κ2) is 8.93. The van der Waals surface area contributed by atoms with Crippen LogP contribution in [0.25, 0.3) is 0 Å². The van der Waals surface area contributed by atoms with Gasteiger partial charge in [-0.1, -0.05) is 17.7 Å². The lowest BCUT2D eigenvalue weighted by Crippen LogP contribution is -2.43. The molecule has 0 saturated carbocycles. The number of nitrogens with zero attached hydrogens (tertiary/aromatic N) is 1. The first-order valence-electron chi connectivity index (χ1n) is 9.19. The molecule has 1 atom stereocenters. The molecular formula is C19H22ClN3O5S2. The molecule has 1 aliphatic heterocycles. The summed E-state index contributed by atoms with van der Waals surface area (Å²) in [6.45, 7) is 0.507. The van der Waals surface area contributed by atoms with Crippen LogP contribution < -0.4 is 10.0 Å². The number of carbonyl (C=O) groups excluding carboxylic acids is 1. The smallest absolute Gasteiger partial charge is 0.261 e. The van der Waals surface area contributed by atoms with Gasteiger partial charge in [-0.2, -0.15) is 0 Å². The van der Waals surface area contributed by atoms with Gasteiger partial charge in [0.25, 0.3) is 10.0 Å². The van der Waals surface area contributed by atoms with Crippen molar-refractivity contribution in [3.05, 3.63) is 53.6 Å². The second-order valence-corrected chi connectivity index (χ2v) is 11.2. The summed E-state index contributed by atoms with van der Waals surface area (Å²) in [7, 11) is -7.24. The van der Waals surface area contributed by atoms with Gasteiger partial charge in [-0.15, -0.1) is 0 Å². The van der Waals surface area contributed by atoms with Crippen molar-refractivity contribution in [1.29, 1.82) is 0 Å². The van der Waals surface area contributed by atoms with Crippen LogP contribution in [0.3, 0.4) is 0 Å². The van der Waals surface area contributed by atoms with Gasteiger partial charge in [0.1, 0.15) is 0 Å². The van der Waals surface area contributed by atoms with Crippen molar-refractivity contribution in [2.24, 2.45) is 5.92 Å². The largest absolute Gasteiger partial charge is 0.326 e. The quantitative estimate of drug-likeness (QED) is 0.672. The molecular weight excluding hydrogens is 450 g/mol. The molecule has 3 rings (SSSR count). The van der Waals surface area contributed by atoms with Gasteiger partial charge in [-0.3, -0.25) is 9.52 Å². The van der Waals surface area contributed by atoms with E-state index in [1.807, 2.05) is 0 Å². The van der Waals surface area contributed by atoms with E-state index in [2.05, 4.69) is 10.0 Å². The highest BCUT2D eigenvalue weighted by Gasteiger charge is 2.30. The van der Waals surface area contributed by atoms with Gasteiger partial charge in [0.05, 0.1) is 17.1 Å². The Labute approximate surface area is 181 Å². The number of anilines is 2. The maximum absolute atomic E-state index is 12.6. The van der Waals surface area contributed by atoms with Gasteiger partial charge >= 0.3 is 0 Å². The van der Waals surface area contributed by atoms with Crippen LogP contribution in [0.1, 0.15) is 12.8 Å². The van der Waals surface area contributed by atoms with Crippen LogP contribution in [0.15, 0.2) is 53.4 Å². The minimum Gasteiger partial charge on any atom is -0.326 e. The Morgan fingerprint density at radius 2 is 1.77 bits per heavy atom. The third-order valence-corrected chi connectivity index (χ3v) is 7.63. The van der Waals surface area contributed by atoms with Crippen LogP contribution in [-0.2, 0) is 24.8 Å². The fourth-order valence-electron chi connectivity index (χ4n) is 3.17. The van der Waals surface area contributed by atoms with E-state index in [0.29, 0.717) is 35.8 Å². The average molecular weight is 472 g/mol. The van der Waals surface area contributed by atoms with E-state index in [9.17, 15) is 21.6 Å². The van der Waals surface area contributed by atoms with E-state index in [1.54, 1.807) is 30.3 Å². The summed E-state index contributed by atoms with van der Waals surface area (Å²) in [5.41, 5.74) is 0.673. The van der Waals surface area contributed by atoms with Gasteiger partial charge in [0.15, 0.2) is 0 Å². The highest BCUT2D eigenvalue weighted by atomic mass is 35.5. The van der Waals surface area contributed by atoms with Crippen molar-refractivity contribution < 1.29 is 21.6 Å². The number of amides is 1. The Hall–Kier alpha value is -2.14. The van der Waals surface area contributed by atoms with E-state index in [1.165, 1.54) is 22.5 Å². The molecule has 11 heteroatoms.